The lowest BCUT2D eigenvalue weighted by molar-refractivity contribution is -0.154. The molecule has 1 N–H and O–H groups in total. The minimum atomic E-state index is -0.528. The number of hydrogen-bond acceptors (Lipinski definition) is 3. The number of esters is 1. The number of anilines is 2. The SMILES string of the molecule is CCCCCOC(=O)C(C)(C)Cc1ccc(Nc2ccc3ccccc3c2)cc1. The molecule has 3 heteroatoms. The van der Waals surface area contributed by atoms with Crippen molar-refractivity contribution in [3.8, 4) is 0 Å². The molecule has 0 aliphatic carbocycles. The number of nitrogens with one attached hydrogen (secondary N) is 1. The molecule has 0 amide bonds. The van der Waals surface area contributed by atoms with Crippen LogP contribution in [0.5, 0.6) is 0 Å². The molecule has 0 saturated carbocycles. The van der Waals surface area contributed by atoms with Crippen LogP contribution in [-0.4, -0.2) is 12.6 Å². The minimum Gasteiger partial charge on any atom is -0.465 e. The lowest BCUT2D eigenvalue weighted by Crippen LogP contribution is -2.29. The van der Waals surface area contributed by atoms with E-state index < -0.39 is 5.41 Å². The lowest BCUT2D eigenvalue weighted by Gasteiger charge is -2.23. The smallest absolute Gasteiger partial charge is 0.311 e. The molecule has 29 heavy (non-hydrogen) atoms. The van der Waals surface area contributed by atoms with Gasteiger partial charge >= 0.3 is 5.97 Å². The standard InChI is InChI=1S/C26H31NO2/c1-4-5-8-17-29-25(28)26(2,3)19-20-11-14-23(15-12-20)27-24-16-13-21-9-6-7-10-22(21)18-24/h6-7,9-16,18,27H,4-5,8,17,19H2,1-3H3. The topological polar surface area (TPSA) is 38.3 Å². The minimum absolute atomic E-state index is 0.119. The van der Waals surface area contributed by atoms with Gasteiger partial charge in [-0.2, -0.15) is 0 Å². The van der Waals surface area contributed by atoms with E-state index in [9.17, 15) is 4.79 Å². The van der Waals surface area contributed by atoms with E-state index in [4.69, 9.17) is 4.74 Å². The van der Waals surface area contributed by atoms with Crippen molar-refractivity contribution >= 4 is 28.1 Å². The first-order valence-electron chi connectivity index (χ1n) is 10.5. The van der Waals surface area contributed by atoms with Crippen molar-refractivity contribution < 1.29 is 9.53 Å². The maximum absolute atomic E-state index is 12.4. The zero-order valence-corrected chi connectivity index (χ0v) is 17.7. The predicted molar refractivity (Wildman–Crippen MR) is 122 cm³/mol. The highest BCUT2D eigenvalue weighted by Crippen LogP contribution is 2.26. The van der Waals surface area contributed by atoms with E-state index in [-0.39, 0.29) is 5.97 Å². The first kappa shape index (κ1) is 20.9. The van der Waals surface area contributed by atoms with Gasteiger partial charge in [-0.3, -0.25) is 4.79 Å². The molecule has 0 radical (unpaired) electrons. The second-order valence-electron chi connectivity index (χ2n) is 8.29. The van der Waals surface area contributed by atoms with Crippen LogP contribution >= 0.6 is 0 Å². The Labute approximate surface area is 174 Å². The van der Waals surface area contributed by atoms with Crippen molar-refractivity contribution in [1.29, 1.82) is 0 Å². The van der Waals surface area contributed by atoms with Gasteiger partial charge in [-0.05, 0) is 67.3 Å². The van der Waals surface area contributed by atoms with Crippen LogP contribution in [0.3, 0.4) is 0 Å². The molecule has 0 aromatic heterocycles. The van der Waals surface area contributed by atoms with Crippen LogP contribution < -0.4 is 5.32 Å². The fraction of sp³-hybridized carbons (Fsp3) is 0.346. The third-order valence-electron chi connectivity index (χ3n) is 5.17. The number of rotatable bonds is 9. The molecule has 0 aliphatic rings. The van der Waals surface area contributed by atoms with Gasteiger partial charge in [0.15, 0.2) is 0 Å². The van der Waals surface area contributed by atoms with E-state index in [1.54, 1.807) is 0 Å². The van der Waals surface area contributed by atoms with Gasteiger partial charge in [-0.1, -0.05) is 62.2 Å². The Bertz CT molecular complexity index is 944. The van der Waals surface area contributed by atoms with Crippen LogP contribution in [0.25, 0.3) is 10.8 Å². The summed E-state index contributed by atoms with van der Waals surface area (Å²) in [5.41, 5.74) is 2.69. The van der Waals surface area contributed by atoms with Crippen LogP contribution in [0, 0.1) is 5.41 Å². The average Bonchev–Trinajstić information content (AvgIpc) is 2.72. The predicted octanol–water partition coefficient (Wildman–Crippen LogP) is 6.89. The summed E-state index contributed by atoms with van der Waals surface area (Å²) in [5, 5.41) is 5.91. The average molecular weight is 390 g/mol. The highest BCUT2D eigenvalue weighted by molar-refractivity contribution is 5.86. The molecule has 0 fully saturated rings. The Balaban J connectivity index is 1.59. The second kappa shape index (κ2) is 9.60. The molecule has 3 rings (SSSR count). The summed E-state index contributed by atoms with van der Waals surface area (Å²) < 4.78 is 5.47. The zero-order valence-electron chi connectivity index (χ0n) is 17.7. The van der Waals surface area contributed by atoms with Crippen molar-refractivity contribution in [2.24, 2.45) is 5.41 Å². The van der Waals surface area contributed by atoms with E-state index in [2.05, 4.69) is 79.0 Å². The largest absolute Gasteiger partial charge is 0.465 e. The van der Waals surface area contributed by atoms with Crippen LogP contribution in [0.2, 0.25) is 0 Å². The van der Waals surface area contributed by atoms with Gasteiger partial charge in [0.2, 0.25) is 0 Å². The van der Waals surface area contributed by atoms with Gasteiger partial charge in [-0.25, -0.2) is 0 Å². The molecule has 3 aromatic rings. The van der Waals surface area contributed by atoms with Crippen molar-refractivity contribution in [2.75, 3.05) is 11.9 Å². The number of unbranched alkanes of at least 4 members (excludes halogenated alkanes) is 2. The number of hydrogen-bond donors (Lipinski definition) is 1. The first-order chi connectivity index (χ1) is 14.0. The number of fused-ring (bicyclic) bond motifs is 1. The quantitative estimate of drug-likeness (QED) is 0.320. The third-order valence-corrected chi connectivity index (χ3v) is 5.17. The van der Waals surface area contributed by atoms with Crippen LogP contribution in [0.4, 0.5) is 11.4 Å². The van der Waals surface area contributed by atoms with Gasteiger partial charge in [-0.15, -0.1) is 0 Å². The Kier molecular flexibility index (Phi) is 6.92. The molecule has 0 bridgehead atoms. The maximum atomic E-state index is 12.4. The summed E-state index contributed by atoms with van der Waals surface area (Å²) in [7, 11) is 0. The highest BCUT2D eigenvalue weighted by Gasteiger charge is 2.29. The van der Waals surface area contributed by atoms with E-state index >= 15 is 0 Å². The van der Waals surface area contributed by atoms with Gasteiger partial charge in [0, 0.05) is 11.4 Å². The van der Waals surface area contributed by atoms with Crippen molar-refractivity contribution in [2.45, 2.75) is 46.5 Å². The molecule has 0 aliphatic heterocycles. The lowest BCUT2D eigenvalue weighted by atomic mass is 9.86. The highest BCUT2D eigenvalue weighted by atomic mass is 16.5. The number of carbonyl (C=O) groups is 1. The first-order valence-corrected chi connectivity index (χ1v) is 10.5. The normalized spacial score (nSPS) is 11.4. The summed E-state index contributed by atoms with van der Waals surface area (Å²) >= 11 is 0. The Morgan fingerprint density at radius 2 is 1.59 bits per heavy atom. The number of benzene rings is 3. The molecule has 0 spiro atoms. The van der Waals surface area contributed by atoms with Crippen molar-refractivity contribution in [3.63, 3.8) is 0 Å². The molecule has 3 aromatic carbocycles. The third kappa shape index (κ3) is 5.83. The van der Waals surface area contributed by atoms with Crippen LogP contribution in [0.1, 0.15) is 45.6 Å². The molecule has 0 atom stereocenters. The number of ether oxygens (including phenoxy) is 1. The molecule has 0 heterocycles. The van der Waals surface area contributed by atoms with Gasteiger partial charge in [0.1, 0.15) is 0 Å². The van der Waals surface area contributed by atoms with E-state index in [0.29, 0.717) is 13.0 Å². The van der Waals surface area contributed by atoms with E-state index in [1.165, 1.54) is 10.8 Å². The van der Waals surface area contributed by atoms with E-state index in [0.717, 1.165) is 36.2 Å². The monoisotopic (exact) mass is 389 g/mol. The fourth-order valence-corrected chi connectivity index (χ4v) is 3.43. The molecule has 3 nitrogen and oxygen atoms in total. The fourth-order valence-electron chi connectivity index (χ4n) is 3.43. The van der Waals surface area contributed by atoms with Crippen LogP contribution in [-0.2, 0) is 16.0 Å². The molecular formula is C26H31NO2. The van der Waals surface area contributed by atoms with Gasteiger partial charge in [0.05, 0.1) is 12.0 Å². The molecule has 0 unspecified atom stereocenters. The summed E-state index contributed by atoms with van der Waals surface area (Å²) in [4.78, 5) is 12.4. The molecule has 0 saturated heterocycles. The summed E-state index contributed by atoms with van der Waals surface area (Å²) in [6.45, 7) is 6.57. The summed E-state index contributed by atoms with van der Waals surface area (Å²) in [6.07, 6.45) is 3.82. The van der Waals surface area contributed by atoms with Crippen LogP contribution in [0.15, 0.2) is 66.7 Å². The Morgan fingerprint density at radius 3 is 2.31 bits per heavy atom. The second-order valence-corrected chi connectivity index (χ2v) is 8.29. The van der Waals surface area contributed by atoms with E-state index in [1.807, 2.05) is 13.8 Å². The zero-order chi connectivity index (χ0) is 20.7. The molecular weight excluding hydrogens is 358 g/mol. The Hall–Kier alpha value is -2.81. The van der Waals surface area contributed by atoms with Crippen molar-refractivity contribution in [3.05, 3.63) is 72.3 Å². The Morgan fingerprint density at radius 1 is 0.897 bits per heavy atom. The maximum Gasteiger partial charge on any atom is 0.311 e. The van der Waals surface area contributed by atoms with Gasteiger partial charge < -0.3 is 10.1 Å². The van der Waals surface area contributed by atoms with Gasteiger partial charge in [0.25, 0.3) is 0 Å². The summed E-state index contributed by atoms with van der Waals surface area (Å²) in [6, 6.07) is 23.0. The van der Waals surface area contributed by atoms with Crippen molar-refractivity contribution in [1.82, 2.24) is 0 Å². The molecule has 152 valence electrons. The number of carbonyl (C=O) groups excluding carboxylic acids is 1. The summed E-state index contributed by atoms with van der Waals surface area (Å²) in [5.74, 6) is -0.119.